The van der Waals surface area contributed by atoms with Crippen molar-refractivity contribution in [2.24, 2.45) is 5.92 Å². The van der Waals surface area contributed by atoms with Gasteiger partial charge in [0, 0.05) is 32.1 Å². The van der Waals surface area contributed by atoms with Crippen molar-refractivity contribution in [2.75, 3.05) is 53.4 Å². The molecular weight excluding hydrogens is 274 g/mol. The SMILES string of the molecule is CC.CC.CC.CN1CCC(C(=O)N2CCN(C)CC2)CC1. The Labute approximate surface area is 139 Å². The third kappa shape index (κ3) is 8.74. The van der Waals surface area contributed by atoms with E-state index in [2.05, 4.69) is 28.8 Å². The van der Waals surface area contributed by atoms with Crippen LogP contribution in [0.5, 0.6) is 0 Å². The molecule has 0 aromatic heterocycles. The molecule has 0 spiro atoms. The normalized spacial score (nSPS) is 19.7. The van der Waals surface area contributed by atoms with Crippen LogP contribution in [0.2, 0.25) is 0 Å². The molecule has 0 unspecified atom stereocenters. The molecule has 0 saturated carbocycles. The van der Waals surface area contributed by atoms with Crippen LogP contribution >= 0.6 is 0 Å². The highest BCUT2D eigenvalue weighted by atomic mass is 16.2. The lowest BCUT2D eigenvalue weighted by Gasteiger charge is -2.36. The van der Waals surface area contributed by atoms with E-state index < -0.39 is 0 Å². The Balaban J connectivity index is 0. The van der Waals surface area contributed by atoms with Crippen molar-refractivity contribution < 1.29 is 4.79 Å². The first-order valence-electron chi connectivity index (χ1n) is 9.32. The summed E-state index contributed by atoms with van der Waals surface area (Å²) < 4.78 is 0. The van der Waals surface area contributed by atoms with Crippen LogP contribution in [-0.4, -0.2) is 74.0 Å². The van der Waals surface area contributed by atoms with E-state index in [0.29, 0.717) is 11.8 Å². The van der Waals surface area contributed by atoms with E-state index in [4.69, 9.17) is 0 Å². The highest BCUT2D eigenvalue weighted by Gasteiger charge is 2.28. The van der Waals surface area contributed by atoms with Gasteiger partial charge < -0.3 is 14.7 Å². The average Bonchev–Trinajstić information content (AvgIpc) is 2.61. The molecule has 2 aliphatic rings. The zero-order valence-corrected chi connectivity index (χ0v) is 16.5. The van der Waals surface area contributed by atoms with Crippen molar-refractivity contribution in [3.8, 4) is 0 Å². The van der Waals surface area contributed by atoms with Gasteiger partial charge in [-0.25, -0.2) is 0 Å². The number of likely N-dealkylation sites (tertiary alicyclic amines) is 1. The summed E-state index contributed by atoms with van der Waals surface area (Å²) in [6, 6.07) is 0. The molecule has 2 rings (SSSR count). The second kappa shape index (κ2) is 15.3. The number of nitrogens with zero attached hydrogens (tertiary/aromatic N) is 3. The summed E-state index contributed by atoms with van der Waals surface area (Å²) in [7, 11) is 4.26. The molecule has 134 valence electrons. The average molecular weight is 316 g/mol. The standard InChI is InChI=1S/C12H23N3O.3C2H6/c1-13-5-3-11(4-6-13)12(16)15-9-7-14(2)8-10-15;3*1-2/h11H,3-10H2,1-2H3;3*1-2H3. The van der Waals surface area contributed by atoms with E-state index >= 15 is 0 Å². The van der Waals surface area contributed by atoms with Crippen LogP contribution in [0.1, 0.15) is 54.4 Å². The summed E-state index contributed by atoms with van der Waals surface area (Å²) >= 11 is 0. The van der Waals surface area contributed by atoms with E-state index in [1.54, 1.807) is 0 Å². The molecule has 4 heteroatoms. The predicted octanol–water partition coefficient (Wildman–Crippen LogP) is 3.18. The fraction of sp³-hybridized carbons (Fsp3) is 0.944. The summed E-state index contributed by atoms with van der Waals surface area (Å²) in [6.07, 6.45) is 2.09. The number of hydrogen-bond acceptors (Lipinski definition) is 3. The van der Waals surface area contributed by atoms with Crippen LogP contribution in [0.15, 0.2) is 0 Å². The third-order valence-corrected chi connectivity index (χ3v) is 3.88. The molecule has 1 amide bonds. The minimum atomic E-state index is 0.291. The van der Waals surface area contributed by atoms with Crippen LogP contribution < -0.4 is 0 Å². The minimum Gasteiger partial charge on any atom is -0.340 e. The molecule has 0 aromatic rings. The molecule has 0 bridgehead atoms. The van der Waals surface area contributed by atoms with Crippen LogP contribution in [-0.2, 0) is 4.79 Å². The Kier molecular flexibility index (Phi) is 16.4. The van der Waals surface area contributed by atoms with Gasteiger partial charge in [0.1, 0.15) is 0 Å². The molecule has 2 saturated heterocycles. The molecule has 0 radical (unpaired) electrons. The van der Waals surface area contributed by atoms with E-state index in [1.165, 1.54) is 0 Å². The zero-order chi connectivity index (χ0) is 17.5. The Morgan fingerprint density at radius 2 is 1.05 bits per heavy atom. The number of rotatable bonds is 1. The summed E-state index contributed by atoms with van der Waals surface area (Å²) in [5.41, 5.74) is 0. The van der Waals surface area contributed by atoms with Crippen molar-refractivity contribution in [1.29, 1.82) is 0 Å². The maximum Gasteiger partial charge on any atom is 0.225 e. The first-order valence-corrected chi connectivity index (χ1v) is 9.32. The molecule has 0 aliphatic carbocycles. The van der Waals surface area contributed by atoms with Crippen molar-refractivity contribution in [2.45, 2.75) is 54.4 Å². The number of carbonyl (C=O) groups is 1. The summed E-state index contributed by atoms with van der Waals surface area (Å²) in [5.74, 6) is 0.695. The van der Waals surface area contributed by atoms with E-state index in [1.807, 2.05) is 41.5 Å². The Hall–Kier alpha value is -0.610. The van der Waals surface area contributed by atoms with Crippen LogP contribution in [0.4, 0.5) is 0 Å². The quantitative estimate of drug-likeness (QED) is 0.743. The number of carbonyl (C=O) groups excluding carboxylic acids is 1. The molecular formula is C18H41N3O. The highest BCUT2D eigenvalue weighted by Crippen LogP contribution is 2.19. The second-order valence-corrected chi connectivity index (χ2v) is 5.21. The van der Waals surface area contributed by atoms with E-state index in [-0.39, 0.29) is 0 Å². The fourth-order valence-corrected chi connectivity index (χ4v) is 2.54. The molecule has 4 nitrogen and oxygen atoms in total. The third-order valence-electron chi connectivity index (χ3n) is 3.88. The molecule has 22 heavy (non-hydrogen) atoms. The van der Waals surface area contributed by atoms with Crippen molar-refractivity contribution in [3.05, 3.63) is 0 Å². The van der Waals surface area contributed by atoms with Gasteiger partial charge in [-0.3, -0.25) is 4.79 Å². The van der Waals surface area contributed by atoms with Gasteiger partial charge in [0.15, 0.2) is 0 Å². The van der Waals surface area contributed by atoms with Crippen molar-refractivity contribution >= 4 is 5.91 Å². The van der Waals surface area contributed by atoms with Gasteiger partial charge in [0.05, 0.1) is 0 Å². The maximum atomic E-state index is 12.3. The molecule has 0 atom stereocenters. The van der Waals surface area contributed by atoms with Gasteiger partial charge in [0.2, 0.25) is 5.91 Å². The summed E-state index contributed by atoms with van der Waals surface area (Å²) in [4.78, 5) is 18.9. The molecule has 0 aromatic carbocycles. The Morgan fingerprint density at radius 1 is 0.682 bits per heavy atom. The van der Waals surface area contributed by atoms with Gasteiger partial charge in [-0.15, -0.1) is 0 Å². The first-order chi connectivity index (χ1) is 10.7. The van der Waals surface area contributed by atoms with Gasteiger partial charge in [0.25, 0.3) is 0 Å². The molecule has 2 fully saturated rings. The second-order valence-electron chi connectivity index (χ2n) is 5.21. The number of likely N-dealkylation sites (N-methyl/N-ethyl adjacent to an activating group) is 1. The predicted molar refractivity (Wildman–Crippen MR) is 98.3 cm³/mol. The lowest BCUT2D eigenvalue weighted by molar-refractivity contribution is -0.138. The van der Waals surface area contributed by atoms with Crippen molar-refractivity contribution in [1.82, 2.24) is 14.7 Å². The molecule has 2 aliphatic heterocycles. The summed E-state index contributed by atoms with van der Waals surface area (Å²) in [6.45, 7) is 18.0. The van der Waals surface area contributed by atoms with Gasteiger partial charge in [-0.1, -0.05) is 41.5 Å². The molecule has 0 N–H and O–H groups in total. The lowest BCUT2D eigenvalue weighted by atomic mass is 9.95. The first kappa shape index (κ1) is 23.7. The number of amides is 1. The van der Waals surface area contributed by atoms with Crippen LogP contribution in [0.3, 0.4) is 0 Å². The smallest absolute Gasteiger partial charge is 0.225 e. The van der Waals surface area contributed by atoms with E-state index in [9.17, 15) is 4.79 Å². The fourth-order valence-electron chi connectivity index (χ4n) is 2.54. The highest BCUT2D eigenvalue weighted by molar-refractivity contribution is 5.79. The van der Waals surface area contributed by atoms with Crippen molar-refractivity contribution in [3.63, 3.8) is 0 Å². The van der Waals surface area contributed by atoms with E-state index in [0.717, 1.165) is 52.1 Å². The monoisotopic (exact) mass is 315 g/mol. The zero-order valence-electron chi connectivity index (χ0n) is 16.5. The van der Waals surface area contributed by atoms with Gasteiger partial charge in [-0.2, -0.15) is 0 Å². The maximum absolute atomic E-state index is 12.3. The topological polar surface area (TPSA) is 26.8 Å². The van der Waals surface area contributed by atoms with Gasteiger partial charge >= 0.3 is 0 Å². The summed E-state index contributed by atoms with van der Waals surface area (Å²) in [5, 5.41) is 0. The molecule has 2 heterocycles. The number of piperazine rings is 1. The Bertz CT molecular complexity index is 219. The van der Waals surface area contributed by atoms with Gasteiger partial charge in [-0.05, 0) is 40.0 Å². The van der Waals surface area contributed by atoms with Crippen LogP contribution in [0, 0.1) is 5.92 Å². The van der Waals surface area contributed by atoms with Crippen LogP contribution in [0.25, 0.3) is 0 Å². The number of piperidine rings is 1. The minimum absolute atomic E-state index is 0.291. The Morgan fingerprint density at radius 3 is 1.45 bits per heavy atom. The lowest BCUT2D eigenvalue weighted by Crippen LogP contribution is -2.50. The largest absolute Gasteiger partial charge is 0.340 e. The number of hydrogen-bond donors (Lipinski definition) is 0.